The lowest BCUT2D eigenvalue weighted by Crippen LogP contribution is -2.74. The summed E-state index contributed by atoms with van der Waals surface area (Å²) in [6.45, 7) is 6.12. The topological polar surface area (TPSA) is 102 Å². The van der Waals surface area contributed by atoms with Crippen molar-refractivity contribution >= 4 is 26.1 Å². The molecular formula is C44H52F17NO8Si. The number of allylic oxidation sites excluding steroid dienone is 3. The maximum absolute atomic E-state index is 15.1. The molecule has 0 unspecified atom stereocenters. The average Bonchev–Trinajstić information content (AvgIpc) is 3.27. The van der Waals surface area contributed by atoms with Crippen molar-refractivity contribution in [2.75, 3.05) is 39.4 Å². The second kappa shape index (κ2) is 24.3. The molecule has 0 heterocycles. The number of nitrogens with one attached hydrogen (secondary N) is 1. The molecule has 0 fully saturated rings. The molecule has 0 aromatic heterocycles. The summed E-state index contributed by atoms with van der Waals surface area (Å²) in [5.74, 6) is -56.8. The molecule has 2 aromatic rings. The van der Waals surface area contributed by atoms with Crippen LogP contribution in [0.25, 0.3) is 0 Å². The summed E-state index contributed by atoms with van der Waals surface area (Å²) >= 11 is 0. The second-order valence-electron chi connectivity index (χ2n) is 16.2. The van der Waals surface area contributed by atoms with Gasteiger partial charge in [0.1, 0.15) is 18.1 Å². The number of alkyl halides is 17. The number of methoxy groups -OCH3 is 2. The van der Waals surface area contributed by atoms with Crippen molar-refractivity contribution < 1.29 is 112 Å². The normalized spacial score (nSPS) is 14.8. The molecule has 71 heavy (non-hydrogen) atoms. The lowest BCUT2D eigenvalue weighted by atomic mass is 9.88. The third-order valence-corrected chi connectivity index (χ3v) is 16.8. The van der Waals surface area contributed by atoms with Gasteiger partial charge in [0.25, 0.3) is 0 Å². The Morgan fingerprint density at radius 2 is 1.17 bits per heavy atom. The first-order valence-corrected chi connectivity index (χ1v) is 23.5. The lowest BCUT2D eigenvalue weighted by Gasteiger charge is -2.44. The van der Waals surface area contributed by atoms with Crippen molar-refractivity contribution in [3.05, 3.63) is 78.4 Å². The number of esters is 1. The third kappa shape index (κ3) is 13.8. The number of hydrogen-bond donors (Lipinski definition) is 1. The minimum atomic E-state index is -8.71. The summed E-state index contributed by atoms with van der Waals surface area (Å²) < 4.78 is 270. The van der Waals surface area contributed by atoms with Crippen LogP contribution in [0.15, 0.2) is 72.8 Å². The molecule has 2 aromatic carbocycles. The molecule has 1 amide bonds. The SMILES string of the molecule is CCOC(=O)/C=C/C=C/CC[C@H](OC)[C@@H](OC(=O)Nc1ccc(OC)cc1)c1ccc(OCCO[Si](CCC(F)(F)C(F)(F)C(F)(F)C(F)(F)C(F)(F)C(F)(F)C(F)(F)C(F)(F)F)(C(C)C)C(C)C)cc1. The average molecular weight is 1070 g/mol. The molecule has 0 saturated carbocycles. The zero-order valence-corrected chi connectivity index (χ0v) is 39.9. The monoisotopic (exact) mass is 1070 g/mol. The van der Waals surface area contributed by atoms with Gasteiger partial charge in [0.2, 0.25) is 0 Å². The minimum absolute atomic E-state index is 0.107. The molecule has 0 aliphatic heterocycles. The molecule has 0 aliphatic carbocycles. The maximum atomic E-state index is 15.1. The van der Waals surface area contributed by atoms with Gasteiger partial charge in [-0.2, -0.15) is 74.6 Å². The number of rotatable bonds is 28. The molecule has 0 bridgehead atoms. The van der Waals surface area contributed by atoms with E-state index in [0.29, 0.717) is 23.4 Å². The van der Waals surface area contributed by atoms with Crippen molar-refractivity contribution in [2.24, 2.45) is 0 Å². The van der Waals surface area contributed by atoms with Crippen LogP contribution < -0.4 is 14.8 Å². The Hall–Kier alpha value is -4.79. The maximum Gasteiger partial charge on any atom is 0.460 e. The van der Waals surface area contributed by atoms with E-state index in [1.54, 1.807) is 43.3 Å². The molecule has 27 heteroatoms. The molecule has 0 spiro atoms. The fraction of sp³-hybridized carbons (Fsp3) is 0.591. The fourth-order valence-electron chi connectivity index (χ4n) is 6.95. The zero-order chi connectivity index (χ0) is 54.7. The Bertz CT molecular complexity index is 2060. The summed E-state index contributed by atoms with van der Waals surface area (Å²) in [6.07, 6.45) is -6.54. The number of hydrogen-bond acceptors (Lipinski definition) is 8. The highest BCUT2D eigenvalue weighted by molar-refractivity contribution is 6.76. The Balaban J connectivity index is 2.32. The van der Waals surface area contributed by atoms with Gasteiger partial charge in [0.05, 0.1) is 26.4 Å². The van der Waals surface area contributed by atoms with Crippen molar-refractivity contribution in [3.63, 3.8) is 0 Å². The van der Waals surface area contributed by atoms with E-state index in [4.69, 9.17) is 28.1 Å². The van der Waals surface area contributed by atoms with Gasteiger partial charge in [-0.05, 0) is 78.9 Å². The van der Waals surface area contributed by atoms with E-state index < -0.39 is 117 Å². The van der Waals surface area contributed by atoms with Crippen molar-refractivity contribution in [2.45, 2.75) is 131 Å². The largest absolute Gasteiger partial charge is 0.497 e. The van der Waals surface area contributed by atoms with Crippen LogP contribution in [0.1, 0.15) is 65.5 Å². The summed E-state index contributed by atoms with van der Waals surface area (Å²) in [7, 11) is -1.22. The summed E-state index contributed by atoms with van der Waals surface area (Å²) in [5.41, 5.74) is -1.07. The number of amides is 1. The van der Waals surface area contributed by atoms with Crippen LogP contribution in [-0.4, -0.2) is 108 Å². The highest BCUT2D eigenvalue weighted by atomic mass is 28.4. The minimum Gasteiger partial charge on any atom is -0.497 e. The van der Waals surface area contributed by atoms with Gasteiger partial charge in [0.15, 0.2) is 14.4 Å². The van der Waals surface area contributed by atoms with Crippen LogP contribution >= 0.6 is 0 Å². The molecule has 0 aliphatic rings. The van der Waals surface area contributed by atoms with E-state index in [1.165, 1.54) is 78.3 Å². The lowest BCUT2D eigenvalue weighted by molar-refractivity contribution is -0.461. The molecule has 0 radical (unpaired) electrons. The summed E-state index contributed by atoms with van der Waals surface area (Å²) in [4.78, 5) is 24.7. The van der Waals surface area contributed by atoms with Gasteiger partial charge in [-0.15, -0.1) is 0 Å². The number of ether oxygens (including phenoxy) is 5. The molecule has 9 nitrogen and oxygen atoms in total. The Labute approximate surface area is 398 Å². The first-order valence-electron chi connectivity index (χ1n) is 21.2. The standard InChI is InChI=1S/C44H52F17NO8Si/c1-8-67-34(63)14-12-10-9-11-13-33(66-7)35(70-36(64)62-30-17-21-31(65-6)22-18-30)29-15-19-32(20-16-29)68-24-25-69-71(27(2)3,28(4)5)26-23-37(45,46)38(47,48)39(49,50)40(51,52)41(53,54)42(55,56)43(57,58)44(59,60)61/h9-10,12,14-22,27-28,33,35H,8,11,13,23-26H2,1-7H3,(H,62,64)/b10-9+,14-12+/t33-,35-/m0/s1. The van der Waals surface area contributed by atoms with Crippen LogP contribution in [0.5, 0.6) is 11.5 Å². The predicted molar refractivity (Wildman–Crippen MR) is 225 cm³/mol. The molecule has 2 atom stereocenters. The summed E-state index contributed by atoms with van der Waals surface area (Å²) in [5, 5.41) is 2.58. The Kier molecular flexibility index (Phi) is 21.3. The number of carbonyl (C=O) groups is 2. The van der Waals surface area contributed by atoms with Crippen LogP contribution in [0, 0.1) is 0 Å². The highest BCUT2D eigenvalue weighted by Crippen LogP contribution is 2.64. The van der Waals surface area contributed by atoms with E-state index in [0.717, 1.165) is 0 Å². The number of anilines is 1. The molecule has 0 saturated heterocycles. The molecule has 2 rings (SSSR count). The number of benzene rings is 2. The highest BCUT2D eigenvalue weighted by Gasteiger charge is 2.95. The fourth-order valence-corrected chi connectivity index (χ4v) is 11.4. The van der Waals surface area contributed by atoms with Crippen molar-refractivity contribution in [3.8, 4) is 11.5 Å². The molecule has 1 N–H and O–H groups in total. The van der Waals surface area contributed by atoms with Crippen LogP contribution in [0.3, 0.4) is 0 Å². The predicted octanol–water partition coefficient (Wildman–Crippen LogP) is 14.0. The number of carbonyl (C=O) groups excluding carboxylic acids is 2. The van der Waals surface area contributed by atoms with E-state index >= 15 is 8.78 Å². The Morgan fingerprint density at radius 1 is 0.662 bits per heavy atom. The van der Waals surface area contributed by atoms with Crippen LogP contribution in [0.2, 0.25) is 17.1 Å². The van der Waals surface area contributed by atoms with Gasteiger partial charge >= 0.3 is 59.7 Å². The molecule has 404 valence electrons. The van der Waals surface area contributed by atoms with Crippen LogP contribution in [-0.2, 0) is 23.4 Å². The van der Waals surface area contributed by atoms with Crippen molar-refractivity contribution in [1.29, 1.82) is 0 Å². The van der Waals surface area contributed by atoms with Gasteiger partial charge < -0.3 is 28.1 Å². The number of halogens is 17. The van der Waals surface area contributed by atoms with E-state index in [2.05, 4.69) is 5.32 Å². The quantitative estimate of drug-likeness (QED) is 0.0225. The van der Waals surface area contributed by atoms with Gasteiger partial charge in [-0.25, -0.2) is 9.59 Å². The van der Waals surface area contributed by atoms with Gasteiger partial charge in [-0.3, -0.25) is 5.32 Å². The van der Waals surface area contributed by atoms with Gasteiger partial charge in [0, 0.05) is 25.3 Å². The van der Waals surface area contributed by atoms with Gasteiger partial charge in [-0.1, -0.05) is 58.1 Å². The summed E-state index contributed by atoms with van der Waals surface area (Å²) in [6, 6.07) is 10.7. The first-order chi connectivity index (χ1) is 32.5. The Morgan fingerprint density at radius 3 is 1.65 bits per heavy atom. The van der Waals surface area contributed by atoms with E-state index in [1.807, 2.05) is 0 Å². The molecular weight excluding hydrogens is 1020 g/mol. The third-order valence-electron chi connectivity index (χ3n) is 11.1. The second-order valence-corrected chi connectivity index (χ2v) is 21.3. The van der Waals surface area contributed by atoms with Crippen LogP contribution in [0.4, 0.5) is 85.1 Å². The first kappa shape index (κ1) is 62.3. The van der Waals surface area contributed by atoms with E-state index in [9.17, 15) is 75.4 Å². The van der Waals surface area contributed by atoms with E-state index in [-0.39, 0.29) is 18.8 Å². The zero-order valence-electron chi connectivity index (χ0n) is 38.9. The smallest absolute Gasteiger partial charge is 0.460 e. The van der Waals surface area contributed by atoms with Crippen molar-refractivity contribution in [1.82, 2.24) is 0 Å².